The molecule has 1 saturated heterocycles. The zero-order valence-electron chi connectivity index (χ0n) is 15.1. The summed E-state index contributed by atoms with van der Waals surface area (Å²) in [4.78, 5) is 17.0. The molecule has 2 spiro atoms. The van der Waals surface area contributed by atoms with E-state index >= 15 is 0 Å². The van der Waals surface area contributed by atoms with Gasteiger partial charge in [-0.05, 0) is 60.6 Å². The molecule has 1 amide bonds. The maximum Gasteiger partial charge on any atom is 0.229 e. The van der Waals surface area contributed by atoms with E-state index in [1.165, 1.54) is 12.8 Å². The lowest BCUT2D eigenvalue weighted by Gasteiger charge is -2.11. The topological polar surface area (TPSA) is 75.0 Å². The summed E-state index contributed by atoms with van der Waals surface area (Å²) < 4.78 is 5.47. The summed E-state index contributed by atoms with van der Waals surface area (Å²) in [6.45, 7) is 1.47. The Kier molecular flexibility index (Phi) is 2.82. The first-order valence-electron chi connectivity index (χ1n) is 9.80. The smallest absolute Gasteiger partial charge is 0.229 e. The zero-order chi connectivity index (χ0) is 18.3. The zero-order valence-corrected chi connectivity index (χ0v) is 15.1. The molecule has 136 valence electrons. The largest absolute Gasteiger partial charge is 0.381 e. The normalized spacial score (nSPS) is 34.6. The molecule has 4 fully saturated rings. The fourth-order valence-corrected chi connectivity index (χ4v) is 5.31. The van der Waals surface area contributed by atoms with Gasteiger partial charge in [0.2, 0.25) is 5.91 Å². The van der Waals surface area contributed by atoms with Gasteiger partial charge >= 0.3 is 0 Å². The molecule has 0 bridgehead atoms. The van der Waals surface area contributed by atoms with Crippen LogP contribution in [0.25, 0.3) is 10.8 Å². The van der Waals surface area contributed by atoms with Crippen LogP contribution in [0.5, 0.6) is 0 Å². The summed E-state index contributed by atoms with van der Waals surface area (Å²) in [7, 11) is 0. The maximum absolute atomic E-state index is 12.6. The minimum Gasteiger partial charge on any atom is -0.381 e. The highest BCUT2D eigenvalue weighted by atomic mass is 16.5. The van der Waals surface area contributed by atoms with Gasteiger partial charge in [-0.15, -0.1) is 0 Å². The van der Waals surface area contributed by atoms with E-state index in [4.69, 9.17) is 4.74 Å². The number of carbonyl (C=O) groups is 1. The Morgan fingerprint density at radius 2 is 2.15 bits per heavy atom. The second-order valence-electron chi connectivity index (χ2n) is 9.02. The Hall–Kier alpha value is -2.45. The number of pyridine rings is 1. The predicted molar refractivity (Wildman–Crippen MR) is 99.9 cm³/mol. The summed E-state index contributed by atoms with van der Waals surface area (Å²) in [6.07, 6.45) is 7.03. The number of hydrogen-bond acceptors (Lipinski definition) is 4. The third kappa shape index (κ3) is 2.08. The number of nitrogens with one attached hydrogen (secondary N) is 1. The van der Waals surface area contributed by atoms with Gasteiger partial charge in [0.1, 0.15) is 5.82 Å². The number of fused-ring (bicyclic) bond motifs is 1. The first-order valence-corrected chi connectivity index (χ1v) is 9.80. The number of ether oxygens (including phenoxy) is 1. The molecule has 1 aromatic heterocycles. The number of benzene rings is 1. The lowest BCUT2D eigenvalue weighted by atomic mass is 9.92. The van der Waals surface area contributed by atoms with E-state index in [0.717, 1.165) is 42.2 Å². The van der Waals surface area contributed by atoms with Crippen molar-refractivity contribution in [3.63, 3.8) is 0 Å². The lowest BCUT2D eigenvalue weighted by Crippen LogP contribution is -2.19. The van der Waals surface area contributed by atoms with Crippen molar-refractivity contribution >= 4 is 22.5 Å². The van der Waals surface area contributed by atoms with Crippen molar-refractivity contribution in [1.29, 1.82) is 5.26 Å². The molecular weight excluding hydrogens is 338 g/mol. The van der Waals surface area contributed by atoms with Crippen LogP contribution in [0.3, 0.4) is 0 Å². The van der Waals surface area contributed by atoms with Gasteiger partial charge in [0.15, 0.2) is 0 Å². The van der Waals surface area contributed by atoms with Gasteiger partial charge < -0.3 is 10.1 Å². The second-order valence-corrected chi connectivity index (χ2v) is 9.02. The minimum absolute atomic E-state index is 0.0480. The highest BCUT2D eigenvalue weighted by Gasteiger charge is 2.75. The van der Waals surface area contributed by atoms with Crippen molar-refractivity contribution in [3.05, 3.63) is 36.0 Å². The second kappa shape index (κ2) is 4.88. The van der Waals surface area contributed by atoms with Crippen LogP contribution >= 0.6 is 0 Å². The van der Waals surface area contributed by atoms with Crippen molar-refractivity contribution in [3.8, 4) is 6.07 Å². The van der Waals surface area contributed by atoms with Crippen LogP contribution in [0.4, 0.5) is 5.82 Å². The van der Waals surface area contributed by atoms with Gasteiger partial charge in [0, 0.05) is 29.5 Å². The van der Waals surface area contributed by atoms with Crippen LogP contribution in [0.2, 0.25) is 0 Å². The highest BCUT2D eigenvalue weighted by molar-refractivity contribution is 5.96. The molecule has 2 heterocycles. The Bertz CT molecular complexity index is 1030. The third-order valence-corrected chi connectivity index (χ3v) is 7.53. The van der Waals surface area contributed by atoms with Gasteiger partial charge in [-0.2, -0.15) is 5.26 Å². The standard InChI is InChI=1S/C22H21N3O2/c23-12-22(11-21(22)3-4-21)16-2-1-14-10-24-18(8-15(14)7-16)25-19(26)17-9-20(17)5-6-27-13-20/h1-2,7-8,10,17H,3-6,9,11,13H2,(H,24,25,26)/t17-,20+,22+/m0/s1. The van der Waals surface area contributed by atoms with E-state index in [-0.39, 0.29) is 28.1 Å². The molecule has 1 aromatic carbocycles. The van der Waals surface area contributed by atoms with E-state index in [2.05, 4.69) is 28.5 Å². The number of hydrogen-bond donors (Lipinski definition) is 1. The Labute approximate surface area is 157 Å². The average Bonchev–Trinajstić information content (AvgIpc) is 3.61. The van der Waals surface area contributed by atoms with Gasteiger partial charge in [-0.25, -0.2) is 4.98 Å². The van der Waals surface area contributed by atoms with Crippen LogP contribution in [0.15, 0.2) is 30.5 Å². The molecule has 5 nitrogen and oxygen atoms in total. The predicted octanol–water partition coefficient (Wildman–Crippen LogP) is 3.55. The number of aromatic nitrogens is 1. The van der Waals surface area contributed by atoms with Crippen molar-refractivity contribution in [2.45, 2.75) is 37.5 Å². The maximum atomic E-state index is 12.6. The molecule has 1 N–H and O–H groups in total. The summed E-state index contributed by atoms with van der Waals surface area (Å²) in [5.41, 5.74) is 1.15. The molecule has 3 atom stereocenters. The van der Waals surface area contributed by atoms with Crippen molar-refractivity contribution < 1.29 is 9.53 Å². The molecule has 6 rings (SSSR count). The van der Waals surface area contributed by atoms with Crippen LogP contribution in [-0.2, 0) is 14.9 Å². The fourth-order valence-electron chi connectivity index (χ4n) is 5.31. The van der Waals surface area contributed by atoms with Crippen LogP contribution in [0, 0.1) is 28.1 Å². The lowest BCUT2D eigenvalue weighted by molar-refractivity contribution is -0.118. The average molecular weight is 359 g/mol. The fraction of sp³-hybridized carbons (Fsp3) is 0.500. The van der Waals surface area contributed by atoms with Crippen LogP contribution in [-0.4, -0.2) is 24.1 Å². The van der Waals surface area contributed by atoms with Crippen molar-refractivity contribution in [2.24, 2.45) is 16.7 Å². The molecule has 3 aliphatic carbocycles. The van der Waals surface area contributed by atoms with Gasteiger partial charge in [0.25, 0.3) is 0 Å². The molecule has 5 heteroatoms. The van der Waals surface area contributed by atoms with E-state index in [0.29, 0.717) is 12.4 Å². The molecule has 4 aliphatic rings. The SMILES string of the molecule is N#C[C@@]1(c2ccc3cnc(NC(=O)[C@@H]4C[C@@]45CCOC5)cc3c2)CC12CC2. The molecule has 2 aromatic rings. The van der Waals surface area contributed by atoms with E-state index in [1.807, 2.05) is 12.1 Å². The number of amides is 1. The molecule has 0 unspecified atom stereocenters. The summed E-state index contributed by atoms with van der Waals surface area (Å²) in [6, 6.07) is 10.8. The Morgan fingerprint density at radius 1 is 1.26 bits per heavy atom. The van der Waals surface area contributed by atoms with E-state index < -0.39 is 0 Å². The van der Waals surface area contributed by atoms with Gasteiger partial charge in [0.05, 0.1) is 18.1 Å². The first kappa shape index (κ1) is 15.6. The molecule has 27 heavy (non-hydrogen) atoms. The third-order valence-electron chi connectivity index (χ3n) is 7.53. The number of rotatable bonds is 3. The van der Waals surface area contributed by atoms with Crippen molar-refractivity contribution in [1.82, 2.24) is 4.98 Å². The van der Waals surface area contributed by atoms with E-state index in [1.54, 1.807) is 6.20 Å². The van der Waals surface area contributed by atoms with Gasteiger partial charge in [-0.3, -0.25) is 4.79 Å². The summed E-state index contributed by atoms with van der Waals surface area (Å²) >= 11 is 0. The molecular formula is C22H21N3O2. The summed E-state index contributed by atoms with van der Waals surface area (Å²) in [5.74, 6) is 0.691. The monoisotopic (exact) mass is 359 g/mol. The van der Waals surface area contributed by atoms with E-state index in [9.17, 15) is 10.1 Å². The summed E-state index contributed by atoms with van der Waals surface area (Å²) in [5, 5.41) is 14.8. The minimum atomic E-state index is -0.295. The van der Waals surface area contributed by atoms with Gasteiger partial charge in [-0.1, -0.05) is 12.1 Å². The number of nitriles is 1. The molecule has 3 saturated carbocycles. The number of nitrogens with zero attached hydrogens (tertiary/aromatic N) is 2. The Balaban J connectivity index is 1.27. The van der Waals surface area contributed by atoms with Crippen LogP contribution < -0.4 is 5.32 Å². The van der Waals surface area contributed by atoms with Crippen molar-refractivity contribution in [2.75, 3.05) is 18.5 Å². The highest BCUT2D eigenvalue weighted by Crippen LogP contribution is 2.78. The number of carbonyl (C=O) groups excluding carboxylic acids is 1. The number of anilines is 1. The molecule has 0 radical (unpaired) electrons. The van der Waals surface area contributed by atoms with Crippen LogP contribution in [0.1, 0.15) is 37.7 Å². The molecule has 1 aliphatic heterocycles. The quantitative estimate of drug-likeness (QED) is 0.909. The first-order chi connectivity index (χ1) is 13.1. The Morgan fingerprint density at radius 3 is 2.85 bits per heavy atom.